The first-order valence-corrected chi connectivity index (χ1v) is 6.52. The van der Waals surface area contributed by atoms with Gasteiger partial charge in [0.05, 0.1) is 6.61 Å². The molecule has 2 aromatic rings. The molecule has 0 atom stereocenters. The van der Waals surface area contributed by atoms with E-state index in [1.54, 1.807) is 12.1 Å². The number of phenolic OH excluding ortho intramolecular Hbond substituents is 1. The minimum atomic E-state index is 0.272. The van der Waals surface area contributed by atoms with Gasteiger partial charge in [-0.05, 0) is 36.2 Å². The van der Waals surface area contributed by atoms with Gasteiger partial charge < -0.3 is 15.2 Å². The molecule has 0 spiro atoms. The van der Waals surface area contributed by atoms with Crippen LogP contribution >= 0.6 is 0 Å². The molecule has 0 aliphatic carbocycles. The first kappa shape index (κ1) is 13.3. The third-order valence-corrected chi connectivity index (χ3v) is 2.74. The van der Waals surface area contributed by atoms with E-state index in [4.69, 9.17) is 4.74 Å². The van der Waals surface area contributed by atoms with Gasteiger partial charge in [-0.25, -0.2) is 0 Å². The van der Waals surface area contributed by atoms with Gasteiger partial charge in [0.15, 0.2) is 0 Å². The highest BCUT2D eigenvalue weighted by molar-refractivity contribution is 5.48. The fourth-order valence-corrected chi connectivity index (χ4v) is 1.74. The largest absolute Gasteiger partial charge is 0.508 e. The fraction of sp³-hybridized carbons (Fsp3) is 0.250. The number of nitrogens with one attached hydrogen (secondary N) is 1. The molecule has 2 rings (SSSR count). The molecule has 0 saturated carbocycles. The standard InChI is InChI=1S/C16H19NO2/c1-2-10-19-16-8-6-13(7-9-16)12-17-14-4-3-5-15(18)11-14/h3-9,11,17-18H,2,10,12H2,1H3. The number of hydrogen-bond acceptors (Lipinski definition) is 3. The number of aromatic hydroxyl groups is 1. The zero-order valence-electron chi connectivity index (χ0n) is 11.1. The topological polar surface area (TPSA) is 41.5 Å². The Hall–Kier alpha value is -2.16. The molecule has 0 unspecified atom stereocenters. The molecule has 0 amide bonds. The predicted octanol–water partition coefficient (Wildman–Crippen LogP) is 3.79. The summed E-state index contributed by atoms with van der Waals surface area (Å²) in [5.74, 6) is 1.18. The highest BCUT2D eigenvalue weighted by Gasteiger charge is 1.97. The summed E-state index contributed by atoms with van der Waals surface area (Å²) in [5.41, 5.74) is 2.08. The molecule has 3 heteroatoms. The summed E-state index contributed by atoms with van der Waals surface area (Å²) in [6, 6.07) is 15.2. The summed E-state index contributed by atoms with van der Waals surface area (Å²) >= 11 is 0. The number of hydrogen-bond donors (Lipinski definition) is 2. The van der Waals surface area contributed by atoms with E-state index in [0.29, 0.717) is 0 Å². The summed E-state index contributed by atoms with van der Waals surface area (Å²) in [4.78, 5) is 0. The van der Waals surface area contributed by atoms with Crippen LogP contribution in [-0.2, 0) is 6.54 Å². The molecule has 2 aromatic carbocycles. The summed E-state index contributed by atoms with van der Waals surface area (Å²) < 4.78 is 5.54. The van der Waals surface area contributed by atoms with Crippen molar-refractivity contribution in [3.8, 4) is 11.5 Å². The monoisotopic (exact) mass is 257 g/mol. The maximum atomic E-state index is 9.37. The number of phenols is 1. The Labute approximate surface area is 113 Å². The lowest BCUT2D eigenvalue weighted by Gasteiger charge is -2.08. The zero-order chi connectivity index (χ0) is 13.5. The molecule has 2 N–H and O–H groups in total. The number of rotatable bonds is 6. The van der Waals surface area contributed by atoms with Crippen molar-refractivity contribution in [2.75, 3.05) is 11.9 Å². The SMILES string of the molecule is CCCOc1ccc(CNc2cccc(O)c2)cc1. The summed E-state index contributed by atoms with van der Waals surface area (Å²) in [5, 5.41) is 12.6. The first-order chi connectivity index (χ1) is 9.28. The molecule has 0 heterocycles. The van der Waals surface area contributed by atoms with Crippen molar-refractivity contribution < 1.29 is 9.84 Å². The maximum Gasteiger partial charge on any atom is 0.119 e. The molecule has 0 saturated heterocycles. The van der Waals surface area contributed by atoms with E-state index < -0.39 is 0 Å². The molecule has 0 aromatic heterocycles. The van der Waals surface area contributed by atoms with Crippen LogP contribution in [0, 0.1) is 0 Å². The minimum Gasteiger partial charge on any atom is -0.508 e. The van der Waals surface area contributed by atoms with Crippen LogP contribution in [0.25, 0.3) is 0 Å². The van der Waals surface area contributed by atoms with Crippen molar-refractivity contribution in [3.63, 3.8) is 0 Å². The number of ether oxygens (including phenoxy) is 1. The van der Waals surface area contributed by atoms with E-state index in [9.17, 15) is 5.11 Å². The van der Waals surface area contributed by atoms with Crippen LogP contribution in [0.1, 0.15) is 18.9 Å². The van der Waals surface area contributed by atoms with Gasteiger partial charge in [-0.2, -0.15) is 0 Å². The Bertz CT molecular complexity index is 508. The van der Waals surface area contributed by atoms with Gasteiger partial charge in [-0.15, -0.1) is 0 Å². The van der Waals surface area contributed by atoms with Crippen molar-refractivity contribution in [2.24, 2.45) is 0 Å². The highest BCUT2D eigenvalue weighted by Crippen LogP contribution is 2.17. The molecule has 0 aliphatic heterocycles. The van der Waals surface area contributed by atoms with Crippen LogP contribution in [0.3, 0.4) is 0 Å². The Morgan fingerprint density at radius 3 is 2.58 bits per heavy atom. The highest BCUT2D eigenvalue weighted by atomic mass is 16.5. The van der Waals surface area contributed by atoms with Gasteiger partial charge in [0.2, 0.25) is 0 Å². The van der Waals surface area contributed by atoms with Gasteiger partial charge >= 0.3 is 0 Å². The Morgan fingerprint density at radius 2 is 1.89 bits per heavy atom. The van der Waals surface area contributed by atoms with Gasteiger partial charge in [0.25, 0.3) is 0 Å². The Morgan fingerprint density at radius 1 is 1.11 bits per heavy atom. The summed E-state index contributed by atoms with van der Waals surface area (Å²) in [6.07, 6.45) is 1.01. The van der Waals surface area contributed by atoms with Crippen LogP contribution in [0.2, 0.25) is 0 Å². The Kier molecular flexibility index (Phi) is 4.67. The average molecular weight is 257 g/mol. The van der Waals surface area contributed by atoms with E-state index in [2.05, 4.69) is 12.2 Å². The van der Waals surface area contributed by atoms with Gasteiger partial charge in [-0.3, -0.25) is 0 Å². The summed E-state index contributed by atoms with van der Waals surface area (Å²) in [7, 11) is 0. The van der Waals surface area contributed by atoms with Crippen LogP contribution < -0.4 is 10.1 Å². The molecule has 0 radical (unpaired) electrons. The van der Waals surface area contributed by atoms with Crippen molar-refractivity contribution in [1.82, 2.24) is 0 Å². The van der Waals surface area contributed by atoms with Crippen LogP contribution in [0.5, 0.6) is 11.5 Å². The van der Waals surface area contributed by atoms with Crippen molar-refractivity contribution in [3.05, 3.63) is 54.1 Å². The molecule has 19 heavy (non-hydrogen) atoms. The normalized spacial score (nSPS) is 10.2. The van der Waals surface area contributed by atoms with Gasteiger partial charge in [-0.1, -0.05) is 25.1 Å². The molecular formula is C16H19NO2. The van der Waals surface area contributed by atoms with Crippen molar-refractivity contribution in [2.45, 2.75) is 19.9 Å². The second kappa shape index (κ2) is 6.69. The predicted molar refractivity (Wildman–Crippen MR) is 77.7 cm³/mol. The van der Waals surface area contributed by atoms with E-state index in [1.807, 2.05) is 36.4 Å². The van der Waals surface area contributed by atoms with Crippen LogP contribution in [-0.4, -0.2) is 11.7 Å². The quantitative estimate of drug-likeness (QED) is 0.827. The van der Waals surface area contributed by atoms with E-state index in [0.717, 1.165) is 31.0 Å². The summed E-state index contributed by atoms with van der Waals surface area (Å²) in [6.45, 7) is 3.56. The lowest BCUT2D eigenvalue weighted by atomic mass is 10.2. The third-order valence-electron chi connectivity index (χ3n) is 2.74. The third kappa shape index (κ3) is 4.21. The zero-order valence-corrected chi connectivity index (χ0v) is 11.1. The molecule has 3 nitrogen and oxygen atoms in total. The number of anilines is 1. The number of benzene rings is 2. The molecule has 0 bridgehead atoms. The van der Waals surface area contributed by atoms with E-state index in [-0.39, 0.29) is 5.75 Å². The van der Waals surface area contributed by atoms with Crippen LogP contribution in [0.15, 0.2) is 48.5 Å². The maximum absolute atomic E-state index is 9.37. The molecule has 0 aliphatic rings. The van der Waals surface area contributed by atoms with E-state index in [1.165, 1.54) is 5.56 Å². The molecule has 100 valence electrons. The average Bonchev–Trinajstić information content (AvgIpc) is 2.44. The van der Waals surface area contributed by atoms with E-state index >= 15 is 0 Å². The second-order valence-corrected chi connectivity index (χ2v) is 4.40. The lowest BCUT2D eigenvalue weighted by Crippen LogP contribution is -1.99. The Balaban J connectivity index is 1.89. The lowest BCUT2D eigenvalue weighted by molar-refractivity contribution is 0.317. The van der Waals surface area contributed by atoms with Gasteiger partial charge in [0.1, 0.15) is 11.5 Å². The van der Waals surface area contributed by atoms with Crippen molar-refractivity contribution >= 4 is 5.69 Å². The molecular weight excluding hydrogens is 238 g/mol. The van der Waals surface area contributed by atoms with Crippen LogP contribution in [0.4, 0.5) is 5.69 Å². The second-order valence-electron chi connectivity index (χ2n) is 4.40. The molecule has 0 fully saturated rings. The fourth-order valence-electron chi connectivity index (χ4n) is 1.74. The first-order valence-electron chi connectivity index (χ1n) is 6.52. The minimum absolute atomic E-state index is 0.272. The van der Waals surface area contributed by atoms with Gasteiger partial charge in [0, 0.05) is 18.3 Å². The smallest absolute Gasteiger partial charge is 0.119 e. The van der Waals surface area contributed by atoms with Crippen molar-refractivity contribution in [1.29, 1.82) is 0 Å².